The van der Waals surface area contributed by atoms with Crippen LogP contribution < -0.4 is 5.01 Å². The lowest BCUT2D eigenvalue weighted by molar-refractivity contribution is 0.0741. The van der Waals surface area contributed by atoms with E-state index in [2.05, 4.69) is 23.2 Å². The molecule has 0 aliphatic carbocycles. The van der Waals surface area contributed by atoms with Crippen LogP contribution in [0.2, 0.25) is 0 Å². The number of allylic oxidation sites excluding steroid dienone is 2. The smallest absolute Gasteiger partial charge is 0.207 e. The number of para-hydroxylation sites is 1. The zero-order valence-corrected chi connectivity index (χ0v) is 17.9. The highest BCUT2D eigenvalue weighted by molar-refractivity contribution is 7.22. The van der Waals surface area contributed by atoms with Gasteiger partial charge in [-0.2, -0.15) is 5.10 Å². The Morgan fingerprint density at radius 3 is 2.62 bits per heavy atom. The predicted octanol–water partition coefficient (Wildman–Crippen LogP) is 4.00. The van der Waals surface area contributed by atoms with Crippen molar-refractivity contribution in [2.45, 2.75) is 0 Å². The van der Waals surface area contributed by atoms with Crippen LogP contribution in [0.15, 0.2) is 65.7 Å². The molecular formula is C21H27N3O4S. The van der Waals surface area contributed by atoms with Gasteiger partial charge < -0.3 is 18.9 Å². The van der Waals surface area contributed by atoms with Crippen molar-refractivity contribution in [1.29, 1.82) is 0 Å². The standard InChI is InChI=1S/C21H27N3O4S/c1-16(26-4)14-18(17(2)27-5)15-22-24(10-11-28-13-12-25-3)21-23-19-8-6-7-9-20(19)29-21/h6-9,14-15H,1-2,10-13H2,3-5H3/b18-14-,22-15+. The summed E-state index contributed by atoms with van der Waals surface area (Å²) in [6.45, 7) is 9.77. The highest BCUT2D eigenvalue weighted by Gasteiger charge is 2.12. The van der Waals surface area contributed by atoms with Crippen molar-refractivity contribution in [2.75, 3.05) is 52.7 Å². The molecule has 1 heterocycles. The summed E-state index contributed by atoms with van der Waals surface area (Å²) in [6, 6.07) is 7.97. The fraction of sp³-hybridized carbons (Fsp3) is 0.333. The Hall–Kier alpha value is -2.68. The van der Waals surface area contributed by atoms with Crippen LogP contribution in [0.3, 0.4) is 0 Å². The van der Waals surface area contributed by atoms with Crippen LogP contribution in [-0.2, 0) is 18.9 Å². The maximum absolute atomic E-state index is 5.60. The number of aromatic nitrogens is 1. The van der Waals surface area contributed by atoms with E-state index >= 15 is 0 Å². The van der Waals surface area contributed by atoms with Gasteiger partial charge in [0.05, 0.1) is 57.0 Å². The Kier molecular flexibility index (Phi) is 9.36. The van der Waals surface area contributed by atoms with E-state index in [1.165, 1.54) is 0 Å². The molecule has 0 aliphatic rings. The van der Waals surface area contributed by atoms with Crippen molar-refractivity contribution in [3.8, 4) is 0 Å². The molecule has 0 saturated carbocycles. The van der Waals surface area contributed by atoms with Gasteiger partial charge in [-0.05, 0) is 18.2 Å². The molecule has 0 atom stereocenters. The largest absolute Gasteiger partial charge is 0.497 e. The van der Waals surface area contributed by atoms with E-state index in [1.54, 1.807) is 50.0 Å². The summed E-state index contributed by atoms with van der Waals surface area (Å²) in [5, 5.41) is 7.17. The third-order valence-electron chi connectivity index (χ3n) is 3.87. The minimum absolute atomic E-state index is 0.451. The van der Waals surface area contributed by atoms with Gasteiger partial charge in [-0.1, -0.05) is 36.6 Å². The molecule has 0 radical (unpaired) electrons. The average Bonchev–Trinajstić information content (AvgIpc) is 3.17. The molecule has 7 nitrogen and oxygen atoms in total. The fourth-order valence-electron chi connectivity index (χ4n) is 2.24. The SMILES string of the molecule is C=C(/C=C(/C=N/N(CCOCCOC)c1nc2ccccc2s1)C(=C)OC)OC. The number of nitrogens with zero attached hydrogens (tertiary/aromatic N) is 3. The lowest BCUT2D eigenvalue weighted by Crippen LogP contribution is -2.23. The Bertz CT molecular complexity index is 843. The molecule has 0 fully saturated rings. The van der Waals surface area contributed by atoms with Crippen molar-refractivity contribution in [2.24, 2.45) is 5.10 Å². The molecule has 1 aromatic carbocycles. The quantitative estimate of drug-likeness (QED) is 0.161. The van der Waals surface area contributed by atoms with Crippen LogP contribution in [-0.4, -0.2) is 58.9 Å². The minimum atomic E-state index is 0.451. The Morgan fingerprint density at radius 2 is 1.93 bits per heavy atom. The topological polar surface area (TPSA) is 65.4 Å². The highest BCUT2D eigenvalue weighted by atomic mass is 32.1. The van der Waals surface area contributed by atoms with Gasteiger partial charge in [0, 0.05) is 12.7 Å². The molecule has 0 aliphatic heterocycles. The number of rotatable bonds is 13. The normalized spacial score (nSPS) is 11.8. The van der Waals surface area contributed by atoms with E-state index in [0.717, 1.165) is 15.3 Å². The van der Waals surface area contributed by atoms with E-state index in [1.807, 2.05) is 24.3 Å². The van der Waals surface area contributed by atoms with Gasteiger partial charge in [-0.15, -0.1) is 0 Å². The summed E-state index contributed by atoms with van der Waals surface area (Å²) in [5.41, 5.74) is 1.57. The van der Waals surface area contributed by atoms with Gasteiger partial charge in [0.2, 0.25) is 5.13 Å². The number of hydrazone groups is 1. The summed E-state index contributed by atoms with van der Waals surface area (Å²) in [5.74, 6) is 0.923. The summed E-state index contributed by atoms with van der Waals surface area (Å²) >= 11 is 1.56. The summed E-state index contributed by atoms with van der Waals surface area (Å²) in [6.07, 6.45) is 3.36. The van der Waals surface area contributed by atoms with Gasteiger partial charge >= 0.3 is 0 Å². The first kappa shape index (κ1) is 22.6. The van der Waals surface area contributed by atoms with E-state index in [4.69, 9.17) is 18.9 Å². The second-order valence-electron chi connectivity index (χ2n) is 5.83. The molecule has 0 amide bonds. The van der Waals surface area contributed by atoms with Crippen LogP contribution >= 0.6 is 11.3 Å². The summed E-state index contributed by atoms with van der Waals surface area (Å²) in [7, 11) is 4.74. The lowest BCUT2D eigenvalue weighted by atomic mass is 10.2. The van der Waals surface area contributed by atoms with Gasteiger partial charge in [0.1, 0.15) is 11.5 Å². The Balaban J connectivity index is 2.25. The van der Waals surface area contributed by atoms with Crippen LogP contribution in [0.5, 0.6) is 0 Å². The molecule has 8 heteroatoms. The first-order valence-electron chi connectivity index (χ1n) is 9.00. The number of hydrogen-bond donors (Lipinski definition) is 0. The second kappa shape index (κ2) is 12.0. The van der Waals surface area contributed by atoms with E-state index in [-0.39, 0.29) is 0 Å². The molecule has 2 aromatic rings. The van der Waals surface area contributed by atoms with Crippen molar-refractivity contribution < 1.29 is 18.9 Å². The van der Waals surface area contributed by atoms with E-state index < -0.39 is 0 Å². The molecule has 2 rings (SSSR count). The molecular weight excluding hydrogens is 390 g/mol. The number of benzene rings is 1. The summed E-state index contributed by atoms with van der Waals surface area (Å²) in [4.78, 5) is 4.68. The predicted molar refractivity (Wildman–Crippen MR) is 119 cm³/mol. The van der Waals surface area contributed by atoms with Crippen molar-refractivity contribution >= 4 is 32.9 Å². The van der Waals surface area contributed by atoms with Gasteiger partial charge in [0.25, 0.3) is 0 Å². The number of methoxy groups -OCH3 is 3. The third kappa shape index (κ3) is 7.01. The molecule has 156 valence electrons. The highest BCUT2D eigenvalue weighted by Crippen LogP contribution is 2.28. The number of thiazole rings is 1. The lowest BCUT2D eigenvalue weighted by Gasteiger charge is -2.16. The van der Waals surface area contributed by atoms with Gasteiger partial charge in [-0.25, -0.2) is 9.99 Å². The zero-order valence-electron chi connectivity index (χ0n) is 17.1. The van der Waals surface area contributed by atoms with Crippen molar-refractivity contribution in [3.63, 3.8) is 0 Å². The minimum Gasteiger partial charge on any atom is -0.497 e. The summed E-state index contributed by atoms with van der Waals surface area (Å²) < 4.78 is 22.1. The van der Waals surface area contributed by atoms with E-state index in [9.17, 15) is 0 Å². The van der Waals surface area contributed by atoms with Crippen molar-refractivity contribution in [3.05, 3.63) is 60.6 Å². The monoisotopic (exact) mass is 417 g/mol. The van der Waals surface area contributed by atoms with Crippen LogP contribution in [0.1, 0.15) is 0 Å². The van der Waals surface area contributed by atoms with Crippen molar-refractivity contribution in [1.82, 2.24) is 4.98 Å². The number of hydrogen-bond acceptors (Lipinski definition) is 8. The molecule has 0 N–H and O–H groups in total. The maximum atomic E-state index is 5.60. The molecule has 0 spiro atoms. The van der Waals surface area contributed by atoms with E-state index in [0.29, 0.717) is 43.5 Å². The molecule has 0 bridgehead atoms. The average molecular weight is 418 g/mol. The number of anilines is 1. The number of ether oxygens (including phenoxy) is 4. The Labute approximate surface area is 175 Å². The maximum Gasteiger partial charge on any atom is 0.207 e. The van der Waals surface area contributed by atoms with Crippen LogP contribution in [0.25, 0.3) is 10.2 Å². The van der Waals surface area contributed by atoms with Gasteiger partial charge in [-0.3, -0.25) is 0 Å². The Morgan fingerprint density at radius 1 is 1.14 bits per heavy atom. The van der Waals surface area contributed by atoms with Gasteiger partial charge in [0.15, 0.2) is 0 Å². The first-order chi connectivity index (χ1) is 14.1. The second-order valence-corrected chi connectivity index (χ2v) is 6.84. The third-order valence-corrected chi connectivity index (χ3v) is 4.92. The van der Waals surface area contributed by atoms with Crippen LogP contribution in [0.4, 0.5) is 5.13 Å². The molecule has 1 aromatic heterocycles. The van der Waals surface area contributed by atoms with Crippen LogP contribution in [0, 0.1) is 0 Å². The first-order valence-corrected chi connectivity index (χ1v) is 9.82. The number of fused-ring (bicyclic) bond motifs is 1. The molecule has 0 unspecified atom stereocenters. The molecule has 29 heavy (non-hydrogen) atoms. The zero-order chi connectivity index (χ0) is 21.1. The molecule has 0 saturated heterocycles. The fourth-order valence-corrected chi connectivity index (χ4v) is 3.19.